The van der Waals surface area contributed by atoms with Gasteiger partial charge < -0.3 is 15.4 Å². The fourth-order valence-electron chi connectivity index (χ4n) is 4.43. The lowest BCUT2D eigenvalue weighted by atomic mass is 9.81. The number of nitrogens with zero attached hydrogens (tertiary/aromatic N) is 1. The van der Waals surface area contributed by atoms with Crippen LogP contribution in [0.25, 0.3) is 10.9 Å². The predicted molar refractivity (Wildman–Crippen MR) is 128 cm³/mol. The van der Waals surface area contributed by atoms with E-state index < -0.39 is 0 Å². The van der Waals surface area contributed by atoms with E-state index in [9.17, 15) is 4.79 Å². The maximum absolute atomic E-state index is 13.1. The molecule has 0 bridgehead atoms. The predicted octanol–water partition coefficient (Wildman–Crippen LogP) is 4.11. The number of allylic oxidation sites excluding steroid dienone is 2. The minimum Gasteiger partial charge on any atom is -0.497 e. The molecule has 1 heterocycles. The molecule has 0 aliphatic heterocycles. The molecule has 2 unspecified atom stereocenters. The largest absolute Gasteiger partial charge is 0.497 e. The normalized spacial score (nSPS) is 20.8. The van der Waals surface area contributed by atoms with Crippen molar-refractivity contribution in [1.29, 1.82) is 10.8 Å². The molecule has 2 aromatic rings. The molecular weight excluding hydrogens is 402 g/mol. The van der Waals surface area contributed by atoms with Gasteiger partial charge in [0.05, 0.1) is 29.7 Å². The maximum atomic E-state index is 13.1. The second-order valence-corrected chi connectivity index (χ2v) is 8.47. The number of hydrogen-bond acceptors (Lipinski definition) is 6. The second kappa shape index (κ2) is 9.87. The van der Waals surface area contributed by atoms with Gasteiger partial charge in [0.25, 0.3) is 0 Å². The summed E-state index contributed by atoms with van der Waals surface area (Å²) < 4.78 is 5.33. The molecule has 1 aromatic carbocycles. The van der Waals surface area contributed by atoms with E-state index in [4.69, 9.17) is 15.6 Å². The van der Waals surface area contributed by atoms with Crippen LogP contribution in [-0.2, 0) is 4.79 Å². The van der Waals surface area contributed by atoms with Crippen molar-refractivity contribution in [2.24, 2.45) is 11.8 Å². The molecule has 4 N–H and O–H groups in total. The molecule has 1 saturated carbocycles. The van der Waals surface area contributed by atoms with Crippen LogP contribution >= 0.6 is 0 Å². The summed E-state index contributed by atoms with van der Waals surface area (Å²) in [4.78, 5) is 17.4. The number of hydrogen-bond donors (Lipinski definition) is 4. The molecule has 4 rings (SSSR count). The molecule has 166 valence electrons. The average Bonchev–Trinajstić information content (AvgIpc) is 2.81. The first-order valence-electron chi connectivity index (χ1n) is 11.0. The van der Waals surface area contributed by atoms with Crippen molar-refractivity contribution in [2.45, 2.75) is 25.7 Å². The van der Waals surface area contributed by atoms with Gasteiger partial charge in [0.1, 0.15) is 5.75 Å². The first-order chi connectivity index (χ1) is 15.5. The SMILES string of the molecule is COc1ccc2nccc(NC(=O)C3CCCC(CNCC4=CC(=N)C(=N)C=C4)C3)c2c1. The van der Waals surface area contributed by atoms with Crippen molar-refractivity contribution in [3.63, 3.8) is 0 Å². The number of anilines is 1. The zero-order valence-electron chi connectivity index (χ0n) is 18.3. The Morgan fingerprint density at radius 1 is 1.19 bits per heavy atom. The van der Waals surface area contributed by atoms with Crippen LogP contribution in [0.5, 0.6) is 5.75 Å². The number of fused-ring (bicyclic) bond motifs is 1. The van der Waals surface area contributed by atoms with E-state index in [1.807, 2.05) is 30.3 Å². The molecule has 32 heavy (non-hydrogen) atoms. The lowest BCUT2D eigenvalue weighted by Crippen LogP contribution is -2.33. The Bertz CT molecular complexity index is 1100. The fourth-order valence-corrected chi connectivity index (χ4v) is 4.43. The van der Waals surface area contributed by atoms with Crippen LogP contribution in [-0.4, -0.2) is 42.5 Å². The highest BCUT2D eigenvalue weighted by atomic mass is 16.5. The number of carbonyl (C=O) groups is 1. The fraction of sp³-hybridized carbons (Fsp3) is 0.360. The number of carbonyl (C=O) groups excluding carboxylic acids is 1. The molecular formula is C25H29N5O2. The van der Waals surface area contributed by atoms with Gasteiger partial charge in [-0.2, -0.15) is 0 Å². The maximum Gasteiger partial charge on any atom is 0.227 e. The van der Waals surface area contributed by atoms with Gasteiger partial charge in [0.2, 0.25) is 5.91 Å². The second-order valence-electron chi connectivity index (χ2n) is 8.47. The molecule has 0 radical (unpaired) electrons. The summed E-state index contributed by atoms with van der Waals surface area (Å²) in [6, 6.07) is 7.50. The Morgan fingerprint density at radius 2 is 2.06 bits per heavy atom. The average molecular weight is 432 g/mol. The van der Waals surface area contributed by atoms with Crippen LogP contribution in [0.1, 0.15) is 25.7 Å². The molecule has 2 atom stereocenters. The van der Waals surface area contributed by atoms with E-state index in [2.05, 4.69) is 15.6 Å². The molecule has 7 nitrogen and oxygen atoms in total. The van der Waals surface area contributed by atoms with Gasteiger partial charge in [-0.15, -0.1) is 0 Å². The number of nitrogens with one attached hydrogen (secondary N) is 4. The first kappa shape index (κ1) is 21.9. The van der Waals surface area contributed by atoms with E-state index in [1.54, 1.807) is 25.5 Å². The lowest BCUT2D eigenvalue weighted by Gasteiger charge is -2.29. The topological polar surface area (TPSA) is 111 Å². The summed E-state index contributed by atoms with van der Waals surface area (Å²) in [5.74, 6) is 1.24. The highest BCUT2D eigenvalue weighted by Gasteiger charge is 2.27. The third-order valence-corrected chi connectivity index (χ3v) is 6.21. The highest BCUT2D eigenvalue weighted by Crippen LogP contribution is 2.31. The minimum atomic E-state index is -0.00758. The van der Waals surface area contributed by atoms with Gasteiger partial charge in [-0.1, -0.05) is 12.5 Å². The van der Waals surface area contributed by atoms with E-state index in [0.29, 0.717) is 12.5 Å². The summed E-state index contributed by atoms with van der Waals surface area (Å²) in [6.45, 7) is 1.51. The number of amides is 1. The van der Waals surface area contributed by atoms with E-state index >= 15 is 0 Å². The van der Waals surface area contributed by atoms with Crippen molar-refractivity contribution in [3.8, 4) is 5.75 Å². The molecule has 0 spiro atoms. The van der Waals surface area contributed by atoms with Crippen LogP contribution < -0.4 is 15.4 Å². The van der Waals surface area contributed by atoms with Gasteiger partial charge >= 0.3 is 0 Å². The number of pyridine rings is 1. The monoisotopic (exact) mass is 431 g/mol. The van der Waals surface area contributed by atoms with Gasteiger partial charge in [-0.3, -0.25) is 20.6 Å². The Labute approximate surface area is 188 Å². The third-order valence-electron chi connectivity index (χ3n) is 6.21. The number of rotatable bonds is 7. The zero-order valence-corrected chi connectivity index (χ0v) is 18.3. The first-order valence-corrected chi connectivity index (χ1v) is 11.0. The summed E-state index contributed by atoms with van der Waals surface area (Å²) in [5, 5.41) is 22.8. The number of ether oxygens (including phenoxy) is 1. The Morgan fingerprint density at radius 3 is 2.88 bits per heavy atom. The standard InChI is InChI=1S/C25H29N5O2/c1-32-19-6-8-23-20(13-19)24(9-10-29-23)30-25(31)18-4-2-3-16(11-18)14-28-15-17-5-7-21(26)22(27)12-17/h5-10,12-13,16,18,26-28H,2-4,11,14-15H2,1H3,(H,29,30,31). The van der Waals surface area contributed by atoms with Crippen molar-refractivity contribution < 1.29 is 9.53 Å². The molecule has 1 fully saturated rings. The summed E-state index contributed by atoms with van der Waals surface area (Å²) in [7, 11) is 1.63. The van der Waals surface area contributed by atoms with E-state index in [0.717, 1.165) is 60.1 Å². The molecule has 1 amide bonds. The number of methoxy groups -OCH3 is 1. The third kappa shape index (κ3) is 5.11. The number of aromatic nitrogens is 1. The highest BCUT2D eigenvalue weighted by molar-refractivity contribution is 6.49. The van der Waals surface area contributed by atoms with Gasteiger partial charge in [-0.25, -0.2) is 0 Å². The summed E-state index contributed by atoms with van der Waals surface area (Å²) in [5.41, 5.74) is 3.10. The zero-order chi connectivity index (χ0) is 22.5. The van der Waals surface area contributed by atoms with Crippen molar-refractivity contribution in [2.75, 3.05) is 25.5 Å². The molecule has 1 aromatic heterocycles. The number of benzene rings is 1. The summed E-state index contributed by atoms with van der Waals surface area (Å²) >= 11 is 0. The van der Waals surface area contributed by atoms with E-state index in [-0.39, 0.29) is 23.2 Å². The van der Waals surface area contributed by atoms with Gasteiger partial charge in [0.15, 0.2) is 0 Å². The van der Waals surface area contributed by atoms with Crippen LogP contribution in [0, 0.1) is 22.7 Å². The van der Waals surface area contributed by atoms with Crippen LogP contribution in [0.3, 0.4) is 0 Å². The van der Waals surface area contributed by atoms with Crippen molar-refractivity contribution in [3.05, 3.63) is 54.3 Å². The smallest absolute Gasteiger partial charge is 0.227 e. The van der Waals surface area contributed by atoms with Crippen LogP contribution in [0.15, 0.2) is 54.3 Å². The van der Waals surface area contributed by atoms with Gasteiger partial charge in [0, 0.05) is 24.0 Å². The van der Waals surface area contributed by atoms with E-state index in [1.165, 1.54) is 0 Å². The molecule has 2 aliphatic rings. The Hall–Kier alpha value is -3.32. The summed E-state index contributed by atoms with van der Waals surface area (Å²) in [6.07, 6.45) is 10.9. The van der Waals surface area contributed by atoms with Crippen molar-refractivity contribution in [1.82, 2.24) is 10.3 Å². The van der Waals surface area contributed by atoms with Crippen LogP contribution in [0.4, 0.5) is 5.69 Å². The lowest BCUT2D eigenvalue weighted by molar-refractivity contribution is -0.121. The van der Waals surface area contributed by atoms with Crippen molar-refractivity contribution >= 4 is 33.9 Å². The molecule has 0 saturated heterocycles. The molecule has 7 heteroatoms. The minimum absolute atomic E-state index is 0.00758. The molecule has 2 aliphatic carbocycles. The van der Waals surface area contributed by atoms with Gasteiger partial charge in [-0.05, 0) is 73.7 Å². The Kier molecular flexibility index (Phi) is 6.75. The van der Waals surface area contributed by atoms with Crippen LogP contribution in [0.2, 0.25) is 0 Å². The Balaban J connectivity index is 1.33. The quantitative estimate of drug-likeness (QED) is 0.494.